The van der Waals surface area contributed by atoms with Crippen molar-refractivity contribution >= 4 is 29.0 Å². The second-order valence-corrected chi connectivity index (χ2v) is 9.04. The molecule has 2 saturated heterocycles. The van der Waals surface area contributed by atoms with E-state index >= 15 is 0 Å². The molecule has 2 aliphatic heterocycles. The molecule has 172 valence electrons. The lowest BCUT2D eigenvalue weighted by Gasteiger charge is -2.40. The summed E-state index contributed by atoms with van der Waals surface area (Å²) in [5.74, 6) is 1.70. The third-order valence-electron chi connectivity index (χ3n) is 6.49. The summed E-state index contributed by atoms with van der Waals surface area (Å²) in [6, 6.07) is 7.88. The molecule has 4 heterocycles. The first-order valence-corrected chi connectivity index (χ1v) is 11.7. The second kappa shape index (κ2) is 9.35. The number of benzene rings is 1. The quantitative estimate of drug-likeness (QED) is 0.584. The van der Waals surface area contributed by atoms with Crippen LogP contribution in [0.4, 0.5) is 11.5 Å². The molecule has 10 heteroatoms. The predicted octanol–water partition coefficient (Wildman–Crippen LogP) is 2.58. The summed E-state index contributed by atoms with van der Waals surface area (Å²) in [7, 11) is 0. The van der Waals surface area contributed by atoms with Gasteiger partial charge in [-0.05, 0) is 37.5 Å². The molecule has 1 unspecified atom stereocenters. The van der Waals surface area contributed by atoms with Crippen molar-refractivity contribution in [1.29, 1.82) is 0 Å². The number of carbonyl (C=O) groups is 1. The molecule has 0 bridgehead atoms. The molecule has 3 aromatic rings. The minimum absolute atomic E-state index is 0.0250. The summed E-state index contributed by atoms with van der Waals surface area (Å²) in [6.07, 6.45) is 6.49. The van der Waals surface area contributed by atoms with Crippen LogP contribution in [0, 0.1) is 12.8 Å². The summed E-state index contributed by atoms with van der Waals surface area (Å²) in [5, 5.41) is 4.88. The van der Waals surface area contributed by atoms with Crippen LogP contribution in [0.1, 0.15) is 18.4 Å². The van der Waals surface area contributed by atoms with Crippen molar-refractivity contribution in [3.05, 3.63) is 53.8 Å². The summed E-state index contributed by atoms with van der Waals surface area (Å²) in [6.45, 7) is 6.73. The maximum atomic E-state index is 13.4. The number of rotatable bonds is 4. The van der Waals surface area contributed by atoms with Gasteiger partial charge < -0.3 is 14.7 Å². The Hall–Kier alpha value is -3.20. The number of piperazine rings is 1. The van der Waals surface area contributed by atoms with Crippen molar-refractivity contribution in [2.45, 2.75) is 19.8 Å². The SMILES string of the molecule is Cc1ccc(Cl)cc1N1CCN(C(=O)C2CCCN(c3cc(-n4cncn4)ncn3)C2)CC1. The number of amides is 1. The fraction of sp³-hybridized carbons (Fsp3) is 0.435. The molecule has 5 rings (SSSR count). The first kappa shape index (κ1) is 21.6. The Bertz CT molecular complexity index is 1110. The lowest BCUT2D eigenvalue weighted by Crippen LogP contribution is -2.52. The molecule has 0 aliphatic carbocycles. The number of carbonyl (C=O) groups excluding carboxylic acids is 1. The third-order valence-corrected chi connectivity index (χ3v) is 6.72. The lowest BCUT2D eigenvalue weighted by molar-refractivity contribution is -0.136. The van der Waals surface area contributed by atoms with Crippen molar-refractivity contribution in [3.63, 3.8) is 0 Å². The molecular formula is C23H27ClN8O. The number of hydrogen-bond donors (Lipinski definition) is 0. The minimum atomic E-state index is -0.0250. The molecule has 9 nitrogen and oxygen atoms in total. The molecule has 1 aromatic carbocycles. The number of aromatic nitrogens is 5. The summed E-state index contributed by atoms with van der Waals surface area (Å²) < 4.78 is 1.61. The van der Waals surface area contributed by atoms with Crippen molar-refractivity contribution in [1.82, 2.24) is 29.6 Å². The van der Waals surface area contributed by atoms with Crippen molar-refractivity contribution in [3.8, 4) is 5.82 Å². The largest absolute Gasteiger partial charge is 0.368 e. The molecule has 0 saturated carbocycles. The fourth-order valence-electron chi connectivity index (χ4n) is 4.70. The summed E-state index contributed by atoms with van der Waals surface area (Å²) in [4.78, 5) is 32.6. The van der Waals surface area contributed by atoms with E-state index in [2.05, 4.69) is 36.8 Å². The van der Waals surface area contributed by atoms with Crippen molar-refractivity contribution < 1.29 is 4.79 Å². The van der Waals surface area contributed by atoms with Crippen LogP contribution in [0.15, 0.2) is 43.2 Å². The topological polar surface area (TPSA) is 83.3 Å². The van der Waals surface area contributed by atoms with Crippen LogP contribution in [0.5, 0.6) is 0 Å². The van der Waals surface area contributed by atoms with Gasteiger partial charge in [-0.1, -0.05) is 17.7 Å². The zero-order valence-corrected chi connectivity index (χ0v) is 19.4. The number of nitrogens with zero attached hydrogens (tertiary/aromatic N) is 8. The zero-order valence-electron chi connectivity index (χ0n) is 18.6. The Morgan fingerprint density at radius 1 is 1.00 bits per heavy atom. The molecule has 0 spiro atoms. The van der Waals surface area contributed by atoms with Gasteiger partial charge in [-0.25, -0.2) is 19.6 Å². The van der Waals surface area contributed by atoms with E-state index in [4.69, 9.17) is 11.6 Å². The van der Waals surface area contributed by atoms with E-state index in [1.54, 1.807) is 11.0 Å². The highest BCUT2D eigenvalue weighted by molar-refractivity contribution is 6.30. The van der Waals surface area contributed by atoms with Gasteiger partial charge in [0.25, 0.3) is 0 Å². The number of anilines is 2. The van der Waals surface area contributed by atoms with Crippen LogP contribution >= 0.6 is 11.6 Å². The van der Waals surface area contributed by atoms with E-state index in [0.29, 0.717) is 12.4 Å². The van der Waals surface area contributed by atoms with Crippen LogP contribution in [-0.2, 0) is 4.79 Å². The van der Waals surface area contributed by atoms with Crippen LogP contribution in [-0.4, -0.2) is 74.8 Å². The maximum absolute atomic E-state index is 13.4. The van der Waals surface area contributed by atoms with Gasteiger partial charge in [-0.2, -0.15) is 5.10 Å². The van der Waals surface area contributed by atoms with Crippen LogP contribution in [0.25, 0.3) is 5.82 Å². The molecule has 1 amide bonds. The number of piperidine rings is 1. The predicted molar refractivity (Wildman–Crippen MR) is 127 cm³/mol. The van der Waals surface area contributed by atoms with Gasteiger partial charge in [0.1, 0.15) is 24.8 Å². The molecule has 0 N–H and O–H groups in total. The molecular weight excluding hydrogens is 440 g/mol. The number of halogens is 1. The smallest absolute Gasteiger partial charge is 0.227 e. The van der Waals surface area contributed by atoms with Crippen LogP contribution in [0.3, 0.4) is 0 Å². The van der Waals surface area contributed by atoms with Gasteiger partial charge in [-0.3, -0.25) is 4.79 Å². The Labute approximate surface area is 198 Å². The molecule has 2 fully saturated rings. The van der Waals surface area contributed by atoms with E-state index in [0.717, 1.165) is 62.1 Å². The zero-order chi connectivity index (χ0) is 22.8. The van der Waals surface area contributed by atoms with Gasteiger partial charge in [0.05, 0.1) is 5.92 Å². The highest BCUT2D eigenvalue weighted by Crippen LogP contribution is 2.27. The van der Waals surface area contributed by atoms with Gasteiger partial charge >= 0.3 is 0 Å². The van der Waals surface area contributed by atoms with E-state index in [1.165, 1.54) is 18.2 Å². The van der Waals surface area contributed by atoms with Gasteiger partial charge in [0, 0.05) is 56.0 Å². The van der Waals surface area contributed by atoms with E-state index in [-0.39, 0.29) is 11.8 Å². The second-order valence-electron chi connectivity index (χ2n) is 8.60. The monoisotopic (exact) mass is 466 g/mol. The fourth-order valence-corrected chi connectivity index (χ4v) is 4.86. The average Bonchev–Trinajstić information content (AvgIpc) is 3.41. The molecule has 2 aliphatic rings. The Morgan fingerprint density at radius 3 is 2.61 bits per heavy atom. The first-order chi connectivity index (χ1) is 16.1. The van der Waals surface area contributed by atoms with Gasteiger partial charge in [-0.15, -0.1) is 0 Å². The standard InChI is InChI=1S/C23H27ClN8O/c1-17-4-5-19(24)11-20(17)29-7-9-30(10-8-29)23(33)18-3-2-6-31(13-18)21-12-22(27-15-26-21)32-16-25-14-28-32/h4-5,11-12,14-16,18H,2-3,6-10,13H2,1H3. The first-order valence-electron chi connectivity index (χ1n) is 11.3. The van der Waals surface area contributed by atoms with Gasteiger partial charge in [0.15, 0.2) is 5.82 Å². The van der Waals surface area contributed by atoms with Crippen molar-refractivity contribution in [2.75, 3.05) is 49.1 Å². The Morgan fingerprint density at radius 2 is 1.82 bits per heavy atom. The van der Waals surface area contributed by atoms with E-state index in [1.807, 2.05) is 29.2 Å². The highest BCUT2D eigenvalue weighted by atomic mass is 35.5. The lowest BCUT2D eigenvalue weighted by atomic mass is 9.96. The molecule has 2 aromatic heterocycles. The summed E-state index contributed by atoms with van der Waals surface area (Å²) in [5.41, 5.74) is 2.36. The average molecular weight is 467 g/mol. The van der Waals surface area contributed by atoms with E-state index in [9.17, 15) is 4.79 Å². The normalized spacial score (nSPS) is 19.1. The summed E-state index contributed by atoms with van der Waals surface area (Å²) >= 11 is 6.21. The Balaban J connectivity index is 1.22. The van der Waals surface area contributed by atoms with Crippen LogP contribution in [0.2, 0.25) is 5.02 Å². The van der Waals surface area contributed by atoms with E-state index < -0.39 is 0 Å². The highest BCUT2D eigenvalue weighted by Gasteiger charge is 2.32. The van der Waals surface area contributed by atoms with Crippen LogP contribution < -0.4 is 9.80 Å². The van der Waals surface area contributed by atoms with Crippen molar-refractivity contribution in [2.24, 2.45) is 5.92 Å². The third kappa shape index (κ3) is 4.64. The number of hydrogen-bond acceptors (Lipinski definition) is 7. The minimum Gasteiger partial charge on any atom is -0.368 e. The van der Waals surface area contributed by atoms with Gasteiger partial charge in [0.2, 0.25) is 5.91 Å². The maximum Gasteiger partial charge on any atom is 0.227 e. The number of aryl methyl sites for hydroxylation is 1. The molecule has 0 radical (unpaired) electrons. The molecule has 1 atom stereocenters. The Kier molecular flexibility index (Phi) is 6.13. The molecule has 33 heavy (non-hydrogen) atoms.